The van der Waals surface area contributed by atoms with Crippen molar-refractivity contribution in [1.29, 1.82) is 0 Å². The summed E-state index contributed by atoms with van der Waals surface area (Å²) in [6.07, 6.45) is -3.95. The van der Waals surface area contributed by atoms with Crippen LogP contribution in [-0.2, 0) is 19.2 Å². The Bertz CT molecular complexity index is 710. The SMILES string of the molecule is CC(O)C(N)C(=O)NC(C(=O)NC(C(=O)NC(CCCN=C(N)N)C(=O)O)C(C)O)C(C)O. The topological polar surface area (TPSA) is 276 Å². The lowest BCUT2D eigenvalue weighted by Gasteiger charge is -2.27. The van der Waals surface area contributed by atoms with Gasteiger partial charge in [-0.2, -0.15) is 0 Å². The first-order valence-corrected chi connectivity index (χ1v) is 10.2. The summed E-state index contributed by atoms with van der Waals surface area (Å²) in [5, 5.41) is 45.1. The van der Waals surface area contributed by atoms with Gasteiger partial charge in [0.25, 0.3) is 0 Å². The molecule has 0 saturated carbocycles. The lowest BCUT2D eigenvalue weighted by Crippen LogP contribution is -2.62. The summed E-state index contributed by atoms with van der Waals surface area (Å²) < 4.78 is 0. The molecule has 0 aliphatic rings. The Morgan fingerprint density at radius 2 is 1.27 bits per heavy atom. The standard InChI is InChI=1S/C18H35N7O8/c1-7(26)11(19)14(29)24-13(9(3)28)16(31)25-12(8(2)27)15(30)23-10(17(32)33)5-4-6-22-18(20)21/h7-13,26-28H,4-6,19H2,1-3H3,(H,23,30)(H,24,29)(H,25,31)(H,32,33)(H4,20,21,22). The summed E-state index contributed by atoms with van der Waals surface area (Å²) >= 11 is 0. The molecule has 0 fully saturated rings. The number of amides is 3. The third-order valence-electron chi connectivity index (χ3n) is 4.51. The van der Waals surface area contributed by atoms with Crippen molar-refractivity contribution in [3.63, 3.8) is 0 Å². The summed E-state index contributed by atoms with van der Waals surface area (Å²) in [5.41, 5.74) is 15.9. The number of nitrogens with zero attached hydrogens (tertiary/aromatic N) is 1. The van der Waals surface area contributed by atoms with Gasteiger partial charge < -0.3 is 53.6 Å². The number of hydrogen-bond donors (Lipinski definition) is 10. The minimum Gasteiger partial charge on any atom is -0.480 e. The van der Waals surface area contributed by atoms with Crippen molar-refractivity contribution in [2.45, 2.75) is 76.1 Å². The molecule has 0 aromatic rings. The zero-order valence-corrected chi connectivity index (χ0v) is 18.8. The normalized spacial score (nSPS) is 17.3. The molecule has 15 heteroatoms. The van der Waals surface area contributed by atoms with Gasteiger partial charge in [-0.05, 0) is 33.6 Å². The summed E-state index contributed by atoms with van der Waals surface area (Å²) in [4.78, 5) is 52.4. The lowest BCUT2D eigenvalue weighted by atomic mass is 10.1. The van der Waals surface area contributed by atoms with E-state index in [2.05, 4.69) is 20.9 Å². The van der Waals surface area contributed by atoms with Crippen LogP contribution in [0.25, 0.3) is 0 Å². The molecule has 0 rings (SSSR count). The average molecular weight is 478 g/mol. The van der Waals surface area contributed by atoms with E-state index in [1.807, 2.05) is 0 Å². The molecule has 33 heavy (non-hydrogen) atoms. The van der Waals surface area contributed by atoms with Gasteiger partial charge in [-0.1, -0.05) is 0 Å². The first-order chi connectivity index (χ1) is 15.2. The molecule has 13 N–H and O–H groups in total. The molecule has 15 nitrogen and oxygen atoms in total. The van der Waals surface area contributed by atoms with Crippen molar-refractivity contribution < 1.29 is 39.6 Å². The van der Waals surface area contributed by atoms with Crippen LogP contribution in [0.5, 0.6) is 0 Å². The minimum absolute atomic E-state index is 0.0398. The van der Waals surface area contributed by atoms with Gasteiger partial charge in [0, 0.05) is 6.54 Å². The first-order valence-electron chi connectivity index (χ1n) is 10.2. The van der Waals surface area contributed by atoms with E-state index in [0.717, 1.165) is 0 Å². The second-order valence-corrected chi connectivity index (χ2v) is 7.57. The molecule has 0 radical (unpaired) electrons. The predicted octanol–water partition coefficient (Wildman–Crippen LogP) is -4.95. The number of aliphatic hydroxyl groups excluding tert-OH is 3. The number of carboxylic acids is 1. The highest BCUT2D eigenvalue weighted by atomic mass is 16.4. The van der Waals surface area contributed by atoms with Gasteiger partial charge in [-0.25, -0.2) is 4.79 Å². The molecular formula is C18H35N7O8. The summed E-state index contributed by atoms with van der Waals surface area (Å²) in [6, 6.07) is -5.93. The third kappa shape index (κ3) is 10.9. The van der Waals surface area contributed by atoms with Gasteiger partial charge in [0.2, 0.25) is 17.7 Å². The number of aliphatic imine (C=N–C) groups is 1. The van der Waals surface area contributed by atoms with Gasteiger partial charge >= 0.3 is 5.97 Å². The molecule has 7 unspecified atom stereocenters. The summed E-state index contributed by atoms with van der Waals surface area (Å²) in [5.74, 6) is -4.52. The number of nitrogens with two attached hydrogens (primary N) is 3. The summed E-state index contributed by atoms with van der Waals surface area (Å²) in [7, 11) is 0. The zero-order chi connectivity index (χ0) is 25.9. The maximum absolute atomic E-state index is 12.6. The fourth-order valence-electron chi connectivity index (χ4n) is 2.54. The molecule has 3 amide bonds. The second kappa shape index (κ2) is 14.2. The number of guanidine groups is 1. The van der Waals surface area contributed by atoms with Crippen LogP contribution >= 0.6 is 0 Å². The quantitative estimate of drug-likeness (QED) is 0.0642. The number of carboxylic acid groups (broad SMARTS) is 1. The van der Waals surface area contributed by atoms with Crippen LogP contribution in [-0.4, -0.2) is 99.1 Å². The number of carbonyl (C=O) groups is 4. The van der Waals surface area contributed by atoms with Crippen molar-refractivity contribution in [2.24, 2.45) is 22.2 Å². The smallest absolute Gasteiger partial charge is 0.326 e. The number of aliphatic carboxylic acids is 1. The fourth-order valence-corrected chi connectivity index (χ4v) is 2.54. The van der Waals surface area contributed by atoms with Crippen molar-refractivity contribution >= 4 is 29.7 Å². The Balaban J connectivity index is 5.31. The Labute approximate surface area is 190 Å². The molecule has 0 heterocycles. The van der Waals surface area contributed by atoms with Crippen LogP contribution in [0.2, 0.25) is 0 Å². The Morgan fingerprint density at radius 3 is 1.67 bits per heavy atom. The maximum Gasteiger partial charge on any atom is 0.326 e. The number of hydrogen-bond acceptors (Lipinski definition) is 9. The lowest BCUT2D eigenvalue weighted by molar-refractivity contribution is -0.143. The minimum atomic E-state index is -1.61. The van der Waals surface area contributed by atoms with E-state index in [9.17, 15) is 39.6 Å². The van der Waals surface area contributed by atoms with Crippen LogP contribution in [0.15, 0.2) is 4.99 Å². The Morgan fingerprint density at radius 1 is 0.818 bits per heavy atom. The fraction of sp³-hybridized carbons (Fsp3) is 0.722. The van der Waals surface area contributed by atoms with E-state index in [0.29, 0.717) is 0 Å². The largest absolute Gasteiger partial charge is 0.480 e. The predicted molar refractivity (Wildman–Crippen MR) is 116 cm³/mol. The number of rotatable bonds is 14. The Hall–Kier alpha value is -3.01. The highest BCUT2D eigenvalue weighted by molar-refractivity contribution is 5.94. The van der Waals surface area contributed by atoms with Gasteiger partial charge in [-0.3, -0.25) is 19.4 Å². The third-order valence-corrected chi connectivity index (χ3v) is 4.51. The molecule has 0 aliphatic heterocycles. The first kappa shape index (κ1) is 30.0. The van der Waals surface area contributed by atoms with Gasteiger partial charge in [-0.15, -0.1) is 0 Å². The highest BCUT2D eigenvalue weighted by Crippen LogP contribution is 2.03. The van der Waals surface area contributed by atoms with E-state index < -0.39 is 66.2 Å². The molecule has 0 aromatic carbocycles. The van der Waals surface area contributed by atoms with Crippen molar-refractivity contribution in [3.05, 3.63) is 0 Å². The van der Waals surface area contributed by atoms with E-state index in [-0.39, 0.29) is 25.3 Å². The van der Waals surface area contributed by atoms with Crippen molar-refractivity contribution in [1.82, 2.24) is 16.0 Å². The Kier molecular flexibility index (Phi) is 12.9. The van der Waals surface area contributed by atoms with Gasteiger partial charge in [0.05, 0.1) is 18.3 Å². The molecule has 0 saturated heterocycles. The van der Waals surface area contributed by atoms with Crippen molar-refractivity contribution in [2.75, 3.05) is 6.54 Å². The second-order valence-electron chi connectivity index (χ2n) is 7.57. The van der Waals surface area contributed by atoms with E-state index in [1.165, 1.54) is 20.8 Å². The molecule has 0 aromatic heterocycles. The molecule has 0 spiro atoms. The van der Waals surface area contributed by atoms with E-state index in [1.54, 1.807) is 0 Å². The van der Waals surface area contributed by atoms with Crippen LogP contribution in [0.1, 0.15) is 33.6 Å². The molecule has 0 aliphatic carbocycles. The monoisotopic (exact) mass is 477 g/mol. The van der Waals surface area contributed by atoms with Gasteiger partial charge in [0.1, 0.15) is 24.2 Å². The number of carbonyl (C=O) groups excluding carboxylic acids is 3. The molecular weight excluding hydrogens is 442 g/mol. The van der Waals surface area contributed by atoms with Crippen LogP contribution in [0.4, 0.5) is 0 Å². The zero-order valence-electron chi connectivity index (χ0n) is 18.8. The van der Waals surface area contributed by atoms with Crippen LogP contribution in [0.3, 0.4) is 0 Å². The number of nitrogens with one attached hydrogen (secondary N) is 3. The van der Waals surface area contributed by atoms with E-state index >= 15 is 0 Å². The average Bonchev–Trinajstić information content (AvgIpc) is 2.70. The highest BCUT2D eigenvalue weighted by Gasteiger charge is 2.34. The maximum atomic E-state index is 12.6. The van der Waals surface area contributed by atoms with Crippen molar-refractivity contribution in [3.8, 4) is 0 Å². The molecule has 190 valence electrons. The van der Waals surface area contributed by atoms with Gasteiger partial charge in [0.15, 0.2) is 5.96 Å². The van der Waals surface area contributed by atoms with Crippen LogP contribution in [0, 0.1) is 0 Å². The van der Waals surface area contributed by atoms with Crippen LogP contribution < -0.4 is 33.2 Å². The molecule has 7 atom stereocenters. The summed E-state index contributed by atoms with van der Waals surface area (Å²) in [6.45, 7) is 3.75. The van der Waals surface area contributed by atoms with E-state index in [4.69, 9.17) is 17.2 Å². The molecule has 0 bridgehead atoms. The number of aliphatic hydroxyl groups is 3.